The maximum Gasteiger partial charge on any atom is 0.271 e. The Bertz CT molecular complexity index is 1310. The summed E-state index contributed by atoms with van der Waals surface area (Å²) in [5.41, 5.74) is 7.52. The number of halogens is 1. The Hall–Kier alpha value is -4.31. The maximum atomic E-state index is 13.4. The third-order valence-electron chi connectivity index (χ3n) is 5.12. The summed E-state index contributed by atoms with van der Waals surface area (Å²) in [4.78, 5) is 12.8. The number of aryl methyl sites for hydroxylation is 1. The van der Waals surface area contributed by atoms with Gasteiger partial charge >= 0.3 is 0 Å². The molecule has 2 aromatic carbocycles. The number of methoxy groups -OCH3 is 1. The van der Waals surface area contributed by atoms with Crippen LogP contribution < -0.4 is 10.1 Å². The second kappa shape index (κ2) is 9.88. The van der Waals surface area contributed by atoms with Gasteiger partial charge in [0.15, 0.2) is 11.5 Å². The lowest BCUT2D eigenvalue weighted by molar-refractivity contribution is 0.0948. The largest absolute Gasteiger partial charge is 0.507 e. The molecule has 0 atom stereocenters. The van der Waals surface area contributed by atoms with Crippen molar-refractivity contribution in [3.63, 3.8) is 0 Å². The molecule has 0 unspecified atom stereocenters. The first kappa shape index (κ1) is 21.9. The molecule has 1 amide bonds. The topological polar surface area (TPSA) is 76.4 Å². The SMILES string of the molecule is COc1cccc(O)c1-c1cc(C(=O)NCCCc2ccccc2)nn1C1=C=C=C(F)C=C1. The van der Waals surface area contributed by atoms with E-state index in [9.17, 15) is 14.3 Å². The second-order valence-electron chi connectivity index (χ2n) is 7.34. The van der Waals surface area contributed by atoms with Crippen LogP contribution in [0.1, 0.15) is 22.5 Å². The first-order chi connectivity index (χ1) is 16.1. The highest BCUT2D eigenvalue weighted by molar-refractivity contribution is 5.94. The molecule has 0 saturated carbocycles. The van der Waals surface area contributed by atoms with Crippen LogP contribution in [0.2, 0.25) is 0 Å². The first-order valence-electron chi connectivity index (χ1n) is 10.4. The molecule has 1 heterocycles. The Morgan fingerprint density at radius 3 is 2.70 bits per heavy atom. The van der Waals surface area contributed by atoms with Gasteiger partial charge in [-0.2, -0.15) is 9.49 Å². The van der Waals surface area contributed by atoms with E-state index in [1.54, 1.807) is 18.2 Å². The zero-order chi connectivity index (χ0) is 23.2. The number of ether oxygens (including phenoxy) is 1. The molecule has 0 radical (unpaired) electrons. The third kappa shape index (κ3) is 4.96. The Kier molecular flexibility index (Phi) is 6.56. The standard InChI is InChI=1S/C26H22FN3O3/c1-33-24-11-5-10-23(31)25(24)22-17-21(29-30(22)20-14-12-19(27)13-15-20)26(32)28-16-6-9-18-7-3-2-4-8-18/h2-5,7-8,10-12,14,17,31H,6,9,16H2,1H3,(H,28,32). The summed E-state index contributed by atoms with van der Waals surface area (Å²) in [5, 5.41) is 17.8. The van der Waals surface area contributed by atoms with Gasteiger partial charge < -0.3 is 15.2 Å². The highest BCUT2D eigenvalue weighted by Gasteiger charge is 2.22. The Labute approximate surface area is 190 Å². The van der Waals surface area contributed by atoms with Crippen molar-refractivity contribution in [1.82, 2.24) is 15.1 Å². The molecule has 6 nitrogen and oxygen atoms in total. The number of hydrogen-bond acceptors (Lipinski definition) is 4. The highest BCUT2D eigenvalue weighted by atomic mass is 19.1. The predicted octanol–water partition coefficient (Wildman–Crippen LogP) is 4.65. The number of hydrogen-bond donors (Lipinski definition) is 2. The molecule has 0 bridgehead atoms. The average Bonchev–Trinajstić information content (AvgIpc) is 3.27. The van der Waals surface area contributed by atoms with Gasteiger partial charge in [0.05, 0.1) is 18.4 Å². The fourth-order valence-electron chi connectivity index (χ4n) is 3.51. The van der Waals surface area contributed by atoms with Crippen molar-refractivity contribution < 1.29 is 19.0 Å². The zero-order valence-corrected chi connectivity index (χ0v) is 18.0. The van der Waals surface area contributed by atoms with E-state index in [4.69, 9.17) is 4.74 Å². The smallest absolute Gasteiger partial charge is 0.271 e. The summed E-state index contributed by atoms with van der Waals surface area (Å²) in [6.45, 7) is 0.478. The Morgan fingerprint density at radius 1 is 1.15 bits per heavy atom. The number of allylic oxidation sites excluding steroid dienone is 4. The number of carbonyl (C=O) groups excluding carboxylic acids is 1. The molecule has 4 rings (SSSR count). The number of amides is 1. The van der Waals surface area contributed by atoms with Crippen molar-refractivity contribution in [3.05, 3.63) is 95.3 Å². The van der Waals surface area contributed by atoms with E-state index < -0.39 is 5.83 Å². The predicted molar refractivity (Wildman–Crippen MR) is 123 cm³/mol. The molecule has 0 aliphatic heterocycles. The molecule has 3 aromatic rings. The summed E-state index contributed by atoms with van der Waals surface area (Å²) in [7, 11) is 1.48. The van der Waals surface area contributed by atoms with Crippen molar-refractivity contribution in [3.8, 4) is 22.8 Å². The fourth-order valence-corrected chi connectivity index (χ4v) is 3.51. The van der Waals surface area contributed by atoms with Gasteiger partial charge in [0.2, 0.25) is 0 Å². The molecule has 1 aliphatic rings. The molecule has 0 fully saturated rings. The van der Waals surface area contributed by atoms with Crippen LogP contribution in [0.4, 0.5) is 4.39 Å². The molecular weight excluding hydrogens is 421 g/mol. The van der Waals surface area contributed by atoms with Crippen LogP contribution in [0.5, 0.6) is 11.5 Å². The monoisotopic (exact) mass is 443 g/mol. The minimum atomic E-state index is -0.566. The van der Waals surface area contributed by atoms with Gasteiger partial charge in [-0.1, -0.05) is 36.4 Å². The van der Waals surface area contributed by atoms with E-state index in [0.29, 0.717) is 29.2 Å². The van der Waals surface area contributed by atoms with Crippen LogP contribution in [-0.2, 0) is 6.42 Å². The molecule has 0 spiro atoms. The van der Waals surface area contributed by atoms with Crippen LogP contribution in [0.3, 0.4) is 0 Å². The van der Waals surface area contributed by atoms with Gasteiger partial charge in [-0.3, -0.25) is 4.79 Å². The quantitative estimate of drug-likeness (QED) is 0.393. The summed E-state index contributed by atoms with van der Waals surface area (Å²) in [5.74, 6) is -0.569. The lowest BCUT2D eigenvalue weighted by Crippen LogP contribution is -2.25. The van der Waals surface area contributed by atoms with Crippen molar-refractivity contribution in [2.24, 2.45) is 0 Å². The number of benzene rings is 2. The van der Waals surface area contributed by atoms with Crippen molar-refractivity contribution >= 4 is 11.6 Å². The molecule has 1 aromatic heterocycles. The summed E-state index contributed by atoms with van der Waals surface area (Å²) in [6, 6.07) is 16.4. The number of carbonyl (C=O) groups is 1. The number of phenols is 1. The molecule has 2 N–H and O–H groups in total. The number of aromatic nitrogens is 2. The van der Waals surface area contributed by atoms with Crippen LogP contribution in [0.25, 0.3) is 17.0 Å². The third-order valence-corrected chi connectivity index (χ3v) is 5.12. The first-order valence-corrected chi connectivity index (χ1v) is 10.4. The number of rotatable bonds is 8. The Morgan fingerprint density at radius 2 is 1.97 bits per heavy atom. The van der Waals surface area contributed by atoms with E-state index in [2.05, 4.69) is 21.9 Å². The highest BCUT2D eigenvalue weighted by Crippen LogP contribution is 2.39. The van der Waals surface area contributed by atoms with Gasteiger partial charge in [-0.05, 0) is 60.2 Å². The summed E-state index contributed by atoms with van der Waals surface area (Å²) in [6.07, 6.45) is 4.31. The normalized spacial score (nSPS) is 12.3. The van der Waals surface area contributed by atoms with Gasteiger partial charge in [0.25, 0.3) is 5.91 Å². The fraction of sp³-hybridized carbons (Fsp3) is 0.154. The maximum absolute atomic E-state index is 13.4. The van der Waals surface area contributed by atoms with Gasteiger partial charge in [-0.25, -0.2) is 4.68 Å². The van der Waals surface area contributed by atoms with Crippen molar-refractivity contribution in [2.45, 2.75) is 12.8 Å². The van der Waals surface area contributed by atoms with Gasteiger partial charge in [-0.15, -0.1) is 0 Å². The van der Waals surface area contributed by atoms with Gasteiger partial charge in [0, 0.05) is 6.54 Å². The number of nitrogens with one attached hydrogen (secondary N) is 1. The van der Waals surface area contributed by atoms with Crippen LogP contribution in [0.15, 0.2) is 84.0 Å². The molecule has 1 aliphatic carbocycles. The molecule has 166 valence electrons. The molecular formula is C26H22FN3O3. The molecule has 33 heavy (non-hydrogen) atoms. The van der Waals surface area contributed by atoms with Crippen LogP contribution in [0, 0.1) is 0 Å². The van der Waals surface area contributed by atoms with Crippen LogP contribution >= 0.6 is 0 Å². The van der Waals surface area contributed by atoms with E-state index in [1.165, 1.54) is 35.6 Å². The lowest BCUT2D eigenvalue weighted by Gasteiger charge is -2.12. The Balaban J connectivity index is 1.62. The number of nitrogens with zero attached hydrogens (tertiary/aromatic N) is 2. The van der Waals surface area contributed by atoms with E-state index in [0.717, 1.165) is 12.8 Å². The number of phenolic OH excluding ortho intramolecular Hbond substituents is 1. The minimum Gasteiger partial charge on any atom is -0.507 e. The summed E-state index contributed by atoms with van der Waals surface area (Å²) >= 11 is 0. The summed E-state index contributed by atoms with van der Waals surface area (Å²) < 4.78 is 20.2. The van der Waals surface area contributed by atoms with Crippen molar-refractivity contribution in [2.75, 3.05) is 13.7 Å². The van der Waals surface area contributed by atoms with E-state index in [1.807, 2.05) is 30.3 Å². The molecule has 0 saturated heterocycles. The zero-order valence-electron chi connectivity index (χ0n) is 18.0. The average molecular weight is 443 g/mol. The van der Waals surface area contributed by atoms with Gasteiger partial charge in [0.1, 0.15) is 17.2 Å². The van der Waals surface area contributed by atoms with Crippen LogP contribution in [-0.4, -0.2) is 34.4 Å². The second-order valence-corrected chi connectivity index (χ2v) is 7.34. The van der Waals surface area contributed by atoms with Crippen molar-refractivity contribution in [1.29, 1.82) is 0 Å². The number of aromatic hydroxyl groups is 1. The lowest BCUT2D eigenvalue weighted by atomic mass is 10.1. The molecule has 7 heteroatoms. The van der Waals surface area contributed by atoms with E-state index >= 15 is 0 Å². The van der Waals surface area contributed by atoms with E-state index in [-0.39, 0.29) is 17.4 Å². The minimum absolute atomic E-state index is 0.0450.